The zero-order valence-electron chi connectivity index (χ0n) is 13.4. The first kappa shape index (κ1) is 15.1. The van der Waals surface area contributed by atoms with Crippen molar-refractivity contribution in [3.8, 4) is 6.07 Å². The molecule has 124 valence electrons. The van der Waals surface area contributed by atoms with Gasteiger partial charge in [0.2, 0.25) is 0 Å². The summed E-state index contributed by atoms with van der Waals surface area (Å²) in [5, 5.41) is 19.5. The van der Waals surface area contributed by atoms with Crippen LogP contribution in [0.1, 0.15) is 31.1 Å². The van der Waals surface area contributed by atoms with E-state index in [1.165, 1.54) is 0 Å². The minimum atomic E-state index is -0.0778. The lowest BCUT2D eigenvalue weighted by Crippen LogP contribution is -2.23. The highest BCUT2D eigenvalue weighted by Gasteiger charge is 2.27. The molecule has 0 radical (unpaired) electrons. The summed E-state index contributed by atoms with van der Waals surface area (Å²) in [4.78, 5) is 14.5. The number of aliphatic hydroxyl groups excluding tert-OH is 1. The van der Waals surface area contributed by atoms with Crippen molar-refractivity contribution in [3.05, 3.63) is 24.3 Å². The van der Waals surface area contributed by atoms with Crippen LogP contribution in [0.4, 0.5) is 0 Å². The van der Waals surface area contributed by atoms with Gasteiger partial charge < -0.3 is 19.6 Å². The van der Waals surface area contributed by atoms with Crippen LogP contribution in [0.25, 0.3) is 22.1 Å². The zero-order valence-corrected chi connectivity index (χ0v) is 13.4. The number of aromatic amines is 1. The lowest BCUT2D eigenvalue weighted by Gasteiger charge is -2.18. The number of H-pyrrole nitrogens is 1. The largest absolute Gasteiger partial charge is 0.388 e. The van der Waals surface area contributed by atoms with Crippen LogP contribution in [0.2, 0.25) is 0 Å². The summed E-state index contributed by atoms with van der Waals surface area (Å²) in [5.74, 6) is 0.698. The minimum absolute atomic E-state index is 0.0778. The molecular formula is C17H20N6O. The fourth-order valence-electron chi connectivity index (χ4n) is 3.75. The van der Waals surface area contributed by atoms with Crippen molar-refractivity contribution in [2.24, 2.45) is 0 Å². The quantitative estimate of drug-likeness (QED) is 0.700. The van der Waals surface area contributed by atoms with Crippen molar-refractivity contribution < 1.29 is 5.11 Å². The van der Waals surface area contributed by atoms with Crippen molar-refractivity contribution in [3.63, 3.8) is 0 Å². The van der Waals surface area contributed by atoms with Gasteiger partial charge in [0.15, 0.2) is 0 Å². The third-order valence-corrected chi connectivity index (χ3v) is 4.82. The number of nitrogens with one attached hydrogen (secondary N) is 1. The van der Waals surface area contributed by atoms with Gasteiger partial charge in [-0.05, 0) is 25.5 Å². The molecule has 0 aliphatic carbocycles. The van der Waals surface area contributed by atoms with E-state index in [2.05, 4.69) is 30.5 Å². The van der Waals surface area contributed by atoms with Gasteiger partial charge in [0.25, 0.3) is 0 Å². The second-order valence-electron chi connectivity index (χ2n) is 6.29. The molecule has 3 aromatic rings. The molecule has 1 fully saturated rings. The Hall–Kier alpha value is -2.43. The molecule has 1 aliphatic rings. The van der Waals surface area contributed by atoms with Crippen molar-refractivity contribution in [1.29, 1.82) is 5.26 Å². The number of hydrogen-bond donors (Lipinski definition) is 2. The Labute approximate surface area is 139 Å². The van der Waals surface area contributed by atoms with E-state index < -0.39 is 0 Å². The normalized spacial score (nSPS) is 18.6. The summed E-state index contributed by atoms with van der Waals surface area (Å²) in [6.45, 7) is 2.82. The van der Waals surface area contributed by atoms with Gasteiger partial charge in [-0.1, -0.05) is 0 Å². The summed E-state index contributed by atoms with van der Waals surface area (Å²) >= 11 is 0. The molecule has 2 N–H and O–H groups in total. The Morgan fingerprint density at radius 2 is 2.38 bits per heavy atom. The summed E-state index contributed by atoms with van der Waals surface area (Å²) < 4.78 is 2.19. The Kier molecular flexibility index (Phi) is 3.92. The van der Waals surface area contributed by atoms with E-state index in [9.17, 15) is 5.11 Å². The fourth-order valence-corrected chi connectivity index (χ4v) is 3.75. The van der Waals surface area contributed by atoms with Crippen LogP contribution in [0, 0.1) is 11.3 Å². The molecule has 7 heteroatoms. The van der Waals surface area contributed by atoms with E-state index in [4.69, 9.17) is 5.26 Å². The van der Waals surface area contributed by atoms with Gasteiger partial charge in [-0.2, -0.15) is 5.26 Å². The molecule has 0 bridgehead atoms. The predicted octanol–water partition coefficient (Wildman–Crippen LogP) is 1.96. The molecule has 0 amide bonds. The first-order valence-electron chi connectivity index (χ1n) is 8.35. The van der Waals surface area contributed by atoms with Gasteiger partial charge in [0.1, 0.15) is 23.6 Å². The Balaban J connectivity index is 1.71. The lowest BCUT2D eigenvalue weighted by molar-refractivity contribution is 0.259. The maximum absolute atomic E-state index is 9.78. The SMILES string of the molecule is N#CCCCN1CCC(n2c(CO)nc3cnc4[nH]ccc4c32)C1. The first-order chi connectivity index (χ1) is 11.8. The van der Waals surface area contributed by atoms with Crippen molar-refractivity contribution in [1.82, 2.24) is 24.4 Å². The Bertz CT molecular complexity index is 905. The second-order valence-corrected chi connectivity index (χ2v) is 6.29. The molecule has 24 heavy (non-hydrogen) atoms. The maximum Gasteiger partial charge on any atom is 0.139 e. The van der Waals surface area contributed by atoms with E-state index in [0.29, 0.717) is 18.3 Å². The lowest BCUT2D eigenvalue weighted by atomic mass is 10.2. The van der Waals surface area contributed by atoms with Gasteiger partial charge in [-0.3, -0.25) is 0 Å². The number of hydrogen-bond acceptors (Lipinski definition) is 5. The molecule has 3 aromatic heterocycles. The molecule has 1 atom stereocenters. The summed E-state index contributed by atoms with van der Waals surface area (Å²) in [6.07, 6.45) is 6.19. The molecule has 1 saturated heterocycles. The average molecular weight is 324 g/mol. The monoisotopic (exact) mass is 324 g/mol. The first-order valence-corrected chi connectivity index (χ1v) is 8.35. The zero-order chi connectivity index (χ0) is 16.5. The van der Waals surface area contributed by atoms with Crippen LogP contribution in [-0.4, -0.2) is 49.2 Å². The predicted molar refractivity (Wildman–Crippen MR) is 90.2 cm³/mol. The number of nitriles is 1. The third kappa shape index (κ3) is 2.44. The van der Waals surface area contributed by atoms with Crippen LogP contribution in [-0.2, 0) is 6.61 Å². The van der Waals surface area contributed by atoms with Gasteiger partial charge >= 0.3 is 0 Å². The van der Waals surface area contributed by atoms with Gasteiger partial charge in [0, 0.05) is 37.1 Å². The number of nitrogens with zero attached hydrogens (tertiary/aromatic N) is 5. The number of aliphatic hydroxyl groups is 1. The molecule has 0 aromatic carbocycles. The standard InChI is InChI=1S/C17H20N6O/c18-5-1-2-7-22-8-4-12(10-22)23-15(11-24)21-14-9-20-17-13(16(14)23)3-6-19-17/h3,6,9,12,24H,1-2,4,7-8,10-11H2,(H,19,20). The topological polar surface area (TPSA) is 93.8 Å². The maximum atomic E-state index is 9.78. The second kappa shape index (κ2) is 6.23. The van der Waals surface area contributed by atoms with Crippen molar-refractivity contribution >= 4 is 22.1 Å². The molecule has 7 nitrogen and oxygen atoms in total. The highest BCUT2D eigenvalue weighted by atomic mass is 16.3. The molecule has 0 saturated carbocycles. The summed E-state index contributed by atoms with van der Waals surface area (Å²) in [6, 6.07) is 4.51. The molecular weight excluding hydrogens is 304 g/mol. The minimum Gasteiger partial charge on any atom is -0.388 e. The molecule has 4 heterocycles. The molecule has 1 unspecified atom stereocenters. The third-order valence-electron chi connectivity index (χ3n) is 4.82. The number of rotatable bonds is 5. The smallest absolute Gasteiger partial charge is 0.139 e. The molecule has 4 rings (SSSR count). The Morgan fingerprint density at radius 3 is 3.21 bits per heavy atom. The number of imidazole rings is 1. The van der Waals surface area contributed by atoms with Crippen molar-refractivity contribution in [2.45, 2.75) is 31.9 Å². The molecule has 0 spiro atoms. The number of aromatic nitrogens is 4. The van der Waals surface area contributed by atoms with Crippen molar-refractivity contribution in [2.75, 3.05) is 19.6 Å². The number of fused-ring (bicyclic) bond motifs is 3. The van der Waals surface area contributed by atoms with Crippen LogP contribution in [0.5, 0.6) is 0 Å². The van der Waals surface area contributed by atoms with Gasteiger partial charge in [-0.15, -0.1) is 0 Å². The van der Waals surface area contributed by atoms with Gasteiger partial charge in [0.05, 0.1) is 17.8 Å². The highest BCUT2D eigenvalue weighted by molar-refractivity contribution is 6.01. The van der Waals surface area contributed by atoms with E-state index in [-0.39, 0.29) is 6.61 Å². The fraction of sp³-hybridized carbons (Fsp3) is 0.471. The number of unbranched alkanes of at least 4 members (excludes halogenated alkanes) is 1. The average Bonchev–Trinajstić information content (AvgIpc) is 3.31. The summed E-state index contributed by atoms with van der Waals surface area (Å²) in [7, 11) is 0. The van der Waals surface area contributed by atoms with Crippen LogP contribution >= 0.6 is 0 Å². The van der Waals surface area contributed by atoms with Gasteiger partial charge in [-0.25, -0.2) is 9.97 Å². The highest BCUT2D eigenvalue weighted by Crippen LogP contribution is 2.31. The molecule has 1 aliphatic heterocycles. The number of pyridine rings is 1. The van der Waals surface area contributed by atoms with E-state index in [1.807, 2.05) is 12.3 Å². The van der Waals surface area contributed by atoms with E-state index in [0.717, 1.165) is 54.5 Å². The number of likely N-dealkylation sites (tertiary alicyclic amines) is 1. The Morgan fingerprint density at radius 1 is 1.46 bits per heavy atom. The van der Waals surface area contributed by atoms with Crippen LogP contribution in [0.3, 0.4) is 0 Å². The summed E-state index contributed by atoms with van der Waals surface area (Å²) in [5.41, 5.74) is 2.72. The van der Waals surface area contributed by atoms with Crippen LogP contribution in [0.15, 0.2) is 18.5 Å². The van der Waals surface area contributed by atoms with E-state index in [1.54, 1.807) is 6.20 Å². The van der Waals surface area contributed by atoms with Crippen LogP contribution < -0.4 is 0 Å². The van der Waals surface area contributed by atoms with E-state index >= 15 is 0 Å².